The third-order valence-corrected chi connectivity index (χ3v) is 5.01. The molecule has 0 saturated carbocycles. The second kappa shape index (κ2) is 10.3. The minimum atomic E-state index is -0.324. The standard InChI is InChI=1S/C19H25N3O2S.ClH/c1-13(2)22(19(24)11-21-18(23)10-20)12-16-8-9-17(25-16)15-6-4-14(3)5-7-15;/h4-9,13H,10-12,20H2,1-3H3,(H,21,23);1H. The van der Waals surface area contributed by atoms with Gasteiger partial charge in [0.25, 0.3) is 0 Å². The van der Waals surface area contributed by atoms with Crippen LogP contribution in [0.15, 0.2) is 36.4 Å². The fourth-order valence-corrected chi connectivity index (χ4v) is 3.42. The van der Waals surface area contributed by atoms with Crippen molar-refractivity contribution in [2.75, 3.05) is 13.1 Å². The van der Waals surface area contributed by atoms with Crippen LogP contribution in [0.4, 0.5) is 0 Å². The van der Waals surface area contributed by atoms with E-state index < -0.39 is 0 Å². The molecule has 1 aromatic heterocycles. The number of nitrogens with one attached hydrogen (secondary N) is 1. The van der Waals surface area contributed by atoms with Gasteiger partial charge in [0.1, 0.15) is 0 Å². The maximum atomic E-state index is 12.4. The van der Waals surface area contributed by atoms with Crippen molar-refractivity contribution >= 4 is 35.6 Å². The van der Waals surface area contributed by atoms with Crippen molar-refractivity contribution in [1.29, 1.82) is 0 Å². The summed E-state index contributed by atoms with van der Waals surface area (Å²) in [6.07, 6.45) is 0. The van der Waals surface area contributed by atoms with Gasteiger partial charge in [0.15, 0.2) is 0 Å². The third kappa shape index (κ3) is 6.12. The number of amides is 2. The first-order valence-electron chi connectivity index (χ1n) is 8.32. The van der Waals surface area contributed by atoms with Crippen LogP contribution in [-0.2, 0) is 16.1 Å². The van der Waals surface area contributed by atoms with Gasteiger partial charge in [-0.3, -0.25) is 9.59 Å². The molecule has 0 fully saturated rings. The zero-order valence-electron chi connectivity index (χ0n) is 15.3. The number of hydrogen-bond donors (Lipinski definition) is 2. The summed E-state index contributed by atoms with van der Waals surface area (Å²) < 4.78 is 0. The van der Waals surface area contributed by atoms with E-state index in [9.17, 15) is 9.59 Å². The fraction of sp³-hybridized carbons (Fsp3) is 0.368. The smallest absolute Gasteiger partial charge is 0.242 e. The summed E-state index contributed by atoms with van der Waals surface area (Å²) in [5.41, 5.74) is 7.66. The highest BCUT2D eigenvalue weighted by atomic mass is 35.5. The summed E-state index contributed by atoms with van der Waals surface area (Å²) in [6.45, 7) is 6.41. The molecule has 0 bridgehead atoms. The Balaban J connectivity index is 0.00000338. The Labute approximate surface area is 165 Å². The molecule has 2 aromatic rings. The van der Waals surface area contributed by atoms with Crippen molar-refractivity contribution in [3.8, 4) is 10.4 Å². The van der Waals surface area contributed by atoms with Gasteiger partial charge in [-0.1, -0.05) is 29.8 Å². The van der Waals surface area contributed by atoms with Gasteiger partial charge in [0.2, 0.25) is 11.8 Å². The van der Waals surface area contributed by atoms with Crippen LogP contribution in [0.5, 0.6) is 0 Å². The van der Waals surface area contributed by atoms with Crippen molar-refractivity contribution in [3.63, 3.8) is 0 Å². The van der Waals surface area contributed by atoms with Crippen LogP contribution >= 0.6 is 23.7 Å². The van der Waals surface area contributed by atoms with Crippen LogP contribution in [0, 0.1) is 6.92 Å². The maximum absolute atomic E-state index is 12.4. The van der Waals surface area contributed by atoms with E-state index in [1.165, 1.54) is 16.0 Å². The van der Waals surface area contributed by atoms with Crippen molar-refractivity contribution in [3.05, 3.63) is 46.8 Å². The second-order valence-electron chi connectivity index (χ2n) is 6.23. The van der Waals surface area contributed by atoms with E-state index in [-0.39, 0.29) is 43.4 Å². The topological polar surface area (TPSA) is 75.4 Å². The first-order chi connectivity index (χ1) is 11.9. The average molecular weight is 396 g/mol. The highest BCUT2D eigenvalue weighted by Gasteiger charge is 2.18. The van der Waals surface area contributed by atoms with E-state index in [4.69, 9.17) is 5.73 Å². The molecular formula is C19H26ClN3O2S. The predicted octanol–water partition coefficient (Wildman–Crippen LogP) is 2.96. The molecule has 5 nitrogen and oxygen atoms in total. The monoisotopic (exact) mass is 395 g/mol. The van der Waals surface area contributed by atoms with Crippen molar-refractivity contribution in [1.82, 2.24) is 10.2 Å². The van der Waals surface area contributed by atoms with Crippen LogP contribution in [-0.4, -0.2) is 35.8 Å². The van der Waals surface area contributed by atoms with E-state index in [1.807, 2.05) is 13.8 Å². The highest BCUT2D eigenvalue weighted by Crippen LogP contribution is 2.29. The molecule has 1 heterocycles. The van der Waals surface area contributed by atoms with Gasteiger partial charge in [-0.15, -0.1) is 23.7 Å². The number of carbonyl (C=O) groups excluding carboxylic acids is 2. The third-order valence-electron chi connectivity index (χ3n) is 3.89. The summed E-state index contributed by atoms with van der Waals surface area (Å²) >= 11 is 1.68. The van der Waals surface area contributed by atoms with Crippen LogP contribution in [0.2, 0.25) is 0 Å². The zero-order chi connectivity index (χ0) is 18.4. The quantitative estimate of drug-likeness (QED) is 0.756. The van der Waals surface area contributed by atoms with Gasteiger partial charge in [-0.2, -0.15) is 0 Å². The van der Waals surface area contributed by atoms with E-state index in [2.05, 4.69) is 48.6 Å². The number of rotatable bonds is 7. The number of benzene rings is 1. The lowest BCUT2D eigenvalue weighted by Gasteiger charge is -2.26. The van der Waals surface area contributed by atoms with Gasteiger partial charge < -0.3 is 16.0 Å². The van der Waals surface area contributed by atoms with Crippen LogP contribution in [0.25, 0.3) is 10.4 Å². The molecule has 0 unspecified atom stereocenters. The molecule has 0 aliphatic heterocycles. The lowest BCUT2D eigenvalue weighted by molar-refractivity contribution is -0.134. The van der Waals surface area contributed by atoms with E-state index in [0.29, 0.717) is 6.54 Å². The van der Waals surface area contributed by atoms with Gasteiger partial charge in [-0.05, 0) is 38.5 Å². The number of thiophene rings is 1. The molecule has 0 aliphatic rings. The minimum absolute atomic E-state index is 0. The van der Waals surface area contributed by atoms with Gasteiger partial charge >= 0.3 is 0 Å². The van der Waals surface area contributed by atoms with Crippen molar-refractivity contribution in [2.45, 2.75) is 33.4 Å². The number of aryl methyl sites for hydroxylation is 1. The lowest BCUT2D eigenvalue weighted by Crippen LogP contribution is -2.44. The average Bonchev–Trinajstić information content (AvgIpc) is 3.06. The molecule has 2 rings (SSSR count). The molecule has 0 spiro atoms. The summed E-state index contributed by atoms with van der Waals surface area (Å²) in [5.74, 6) is -0.433. The molecular weight excluding hydrogens is 370 g/mol. The van der Waals surface area contributed by atoms with Gasteiger partial charge in [0.05, 0.1) is 19.6 Å². The Morgan fingerprint density at radius 2 is 1.81 bits per heavy atom. The maximum Gasteiger partial charge on any atom is 0.242 e. The van der Waals surface area contributed by atoms with Crippen LogP contribution in [0.3, 0.4) is 0 Å². The lowest BCUT2D eigenvalue weighted by atomic mass is 10.1. The SMILES string of the molecule is Cc1ccc(-c2ccc(CN(C(=O)CNC(=O)CN)C(C)C)s2)cc1.Cl. The van der Waals surface area contributed by atoms with Crippen molar-refractivity contribution in [2.24, 2.45) is 5.73 Å². The first-order valence-corrected chi connectivity index (χ1v) is 9.14. The van der Waals surface area contributed by atoms with E-state index in [1.54, 1.807) is 16.2 Å². The normalized spacial score (nSPS) is 10.3. The summed E-state index contributed by atoms with van der Waals surface area (Å²) in [6, 6.07) is 12.6. The Morgan fingerprint density at radius 1 is 1.15 bits per heavy atom. The Hall–Kier alpha value is -1.89. The largest absolute Gasteiger partial charge is 0.346 e. The van der Waals surface area contributed by atoms with Crippen LogP contribution in [0.1, 0.15) is 24.3 Å². The predicted molar refractivity (Wildman–Crippen MR) is 109 cm³/mol. The number of nitrogens with two attached hydrogens (primary N) is 1. The molecule has 7 heteroatoms. The molecule has 0 saturated heterocycles. The van der Waals surface area contributed by atoms with Crippen molar-refractivity contribution < 1.29 is 9.59 Å². The van der Waals surface area contributed by atoms with Gasteiger partial charge in [0, 0.05) is 15.8 Å². The fourth-order valence-electron chi connectivity index (χ4n) is 2.41. The summed E-state index contributed by atoms with van der Waals surface area (Å²) in [4.78, 5) is 27.7. The molecule has 2 amide bonds. The molecule has 0 radical (unpaired) electrons. The molecule has 0 atom stereocenters. The molecule has 0 aliphatic carbocycles. The van der Waals surface area contributed by atoms with Crippen LogP contribution < -0.4 is 11.1 Å². The molecule has 1 aromatic carbocycles. The second-order valence-corrected chi connectivity index (χ2v) is 7.40. The zero-order valence-corrected chi connectivity index (χ0v) is 17.0. The summed E-state index contributed by atoms with van der Waals surface area (Å²) in [7, 11) is 0. The minimum Gasteiger partial charge on any atom is -0.346 e. The first kappa shape index (κ1) is 22.2. The Morgan fingerprint density at radius 3 is 2.38 bits per heavy atom. The molecule has 26 heavy (non-hydrogen) atoms. The number of hydrogen-bond acceptors (Lipinski definition) is 4. The Bertz CT molecular complexity index is 729. The van der Waals surface area contributed by atoms with Gasteiger partial charge in [-0.25, -0.2) is 0 Å². The van der Waals surface area contributed by atoms with E-state index in [0.717, 1.165) is 4.88 Å². The summed E-state index contributed by atoms with van der Waals surface area (Å²) in [5, 5.41) is 2.54. The molecule has 3 N–H and O–H groups in total. The Kier molecular flexibility index (Phi) is 8.78. The number of carbonyl (C=O) groups is 2. The van der Waals surface area contributed by atoms with E-state index >= 15 is 0 Å². The number of halogens is 1. The highest BCUT2D eigenvalue weighted by molar-refractivity contribution is 7.15. The number of nitrogens with zero attached hydrogens (tertiary/aromatic N) is 1. The molecule has 142 valence electrons.